The number of H-pyrrole nitrogens is 1. The van der Waals surface area contributed by atoms with Crippen molar-refractivity contribution in [2.75, 3.05) is 6.54 Å². The number of halogens is 1. The van der Waals surface area contributed by atoms with Crippen LogP contribution in [0.25, 0.3) is 0 Å². The highest BCUT2D eigenvalue weighted by Crippen LogP contribution is 2.28. The average Bonchev–Trinajstić information content (AvgIpc) is 2.94. The van der Waals surface area contributed by atoms with E-state index in [1.165, 1.54) is 5.69 Å². The van der Waals surface area contributed by atoms with Crippen molar-refractivity contribution in [1.82, 2.24) is 15.3 Å². The molecule has 0 radical (unpaired) electrons. The molecule has 0 bridgehead atoms. The summed E-state index contributed by atoms with van der Waals surface area (Å²) in [5, 5.41) is 3.62. The minimum atomic E-state index is -0.0654. The summed E-state index contributed by atoms with van der Waals surface area (Å²) >= 11 is 5.82. The molecule has 1 aliphatic carbocycles. The lowest BCUT2D eigenvalue weighted by Gasteiger charge is -2.21. The number of rotatable bonds is 3. The van der Waals surface area contributed by atoms with E-state index in [-0.39, 0.29) is 5.91 Å². The molecule has 1 atom stereocenters. The van der Waals surface area contributed by atoms with Gasteiger partial charge in [0.15, 0.2) is 0 Å². The number of imidazole rings is 1. The number of nitrogens with one attached hydrogen (secondary N) is 2. The van der Waals surface area contributed by atoms with Gasteiger partial charge in [0, 0.05) is 28.7 Å². The van der Waals surface area contributed by atoms with Gasteiger partial charge in [0.1, 0.15) is 0 Å². The molecule has 0 saturated carbocycles. The van der Waals surface area contributed by atoms with Crippen molar-refractivity contribution in [3.63, 3.8) is 0 Å². The third-order valence-electron chi connectivity index (χ3n) is 3.73. The second kappa shape index (κ2) is 5.67. The van der Waals surface area contributed by atoms with Crippen molar-refractivity contribution < 1.29 is 4.79 Å². The summed E-state index contributed by atoms with van der Waals surface area (Å²) in [5.74, 6) is 0.241. The Hall–Kier alpha value is -1.81. The first-order valence-corrected chi connectivity index (χ1v) is 7.18. The Morgan fingerprint density at radius 2 is 2.20 bits per heavy atom. The molecule has 1 amide bonds. The molecule has 1 aromatic heterocycles. The van der Waals surface area contributed by atoms with Gasteiger partial charge in [-0.05, 0) is 43.5 Å². The smallest absolute Gasteiger partial charge is 0.251 e. The number of hydrogen-bond donors (Lipinski definition) is 2. The predicted molar refractivity (Wildman–Crippen MR) is 78.1 cm³/mol. The molecular weight excluding hydrogens is 274 g/mol. The van der Waals surface area contributed by atoms with Crippen LogP contribution in [0.15, 0.2) is 30.6 Å². The lowest BCUT2D eigenvalue weighted by molar-refractivity contribution is 0.0950. The number of amides is 1. The van der Waals surface area contributed by atoms with Crippen molar-refractivity contribution in [3.05, 3.63) is 52.6 Å². The third kappa shape index (κ3) is 2.70. The van der Waals surface area contributed by atoms with Crippen LogP contribution >= 0.6 is 11.6 Å². The maximum Gasteiger partial charge on any atom is 0.251 e. The molecule has 5 heteroatoms. The van der Waals surface area contributed by atoms with Crippen LogP contribution in [0.5, 0.6) is 0 Å². The first-order chi connectivity index (χ1) is 9.74. The van der Waals surface area contributed by atoms with Gasteiger partial charge in [-0.2, -0.15) is 0 Å². The summed E-state index contributed by atoms with van der Waals surface area (Å²) in [6.07, 6.45) is 5.00. The highest BCUT2D eigenvalue weighted by Gasteiger charge is 2.23. The Kier molecular flexibility index (Phi) is 3.74. The fraction of sp³-hybridized carbons (Fsp3) is 0.333. The van der Waals surface area contributed by atoms with Gasteiger partial charge in [-0.1, -0.05) is 11.6 Å². The van der Waals surface area contributed by atoms with Crippen LogP contribution < -0.4 is 5.32 Å². The quantitative estimate of drug-likeness (QED) is 0.913. The Balaban J connectivity index is 1.63. The number of aromatic nitrogens is 2. The van der Waals surface area contributed by atoms with Gasteiger partial charge in [0.25, 0.3) is 5.91 Å². The van der Waals surface area contributed by atoms with Crippen LogP contribution in [0, 0.1) is 0 Å². The van der Waals surface area contributed by atoms with E-state index in [4.69, 9.17) is 11.6 Å². The van der Waals surface area contributed by atoms with Gasteiger partial charge in [-0.15, -0.1) is 0 Å². The maximum atomic E-state index is 12.1. The summed E-state index contributed by atoms with van der Waals surface area (Å²) in [5.41, 5.74) is 2.95. The zero-order chi connectivity index (χ0) is 13.9. The van der Waals surface area contributed by atoms with Gasteiger partial charge < -0.3 is 10.3 Å². The molecule has 0 spiro atoms. The molecule has 104 valence electrons. The predicted octanol–water partition coefficient (Wildman–Crippen LogP) is 2.91. The number of benzene rings is 1. The summed E-state index contributed by atoms with van der Waals surface area (Å²) in [7, 11) is 0. The lowest BCUT2D eigenvalue weighted by Crippen LogP contribution is -2.30. The Morgan fingerprint density at radius 3 is 3.00 bits per heavy atom. The molecule has 0 aliphatic heterocycles. The molecular formula is C15H16ClN3O. The summed E-state index contributed by atoms with van der Waals surface area (Å²) < 4.78 is 0. The van der Waals surface area contributed by atoms with Crippen molar-refractivity contribution >= 4 is 17.5 Å². The summed E-state index contributed by atoms with van der Waals surface area (Å²) in [4.78, 5) is 19.6. The van der Waals surface area contributed by atoms with E-state index in [2.05, 4.69) is 15.3 Å². The van der Waals surface area contributed by atoms with Gasteiger partial charge in [0.2, 0.25) is 0 Å². The van der Waals surface area contributed by atoms with Crippen LogP contribution in [-0.4, -0.2) is 22.4 Å². The topological polar surface area (TPSA) is 57.8 Å². The molecule has 2 N–H and O–H groups in total. The van der Waals surface area contributed by atoms with Crippen LogP contribution in [0.4, 0.5) is 0 Å². The zero-order valence-electron chi connectivity index (χ0n) is 11.0. The van der Waals surface area contributed by atoms with Crippen molar-refractivity contribution in [3.8, 4) is 0 Å². The third-order valence-corrected chi connectivity index (χ3v) is 3.99. The molecule has 1 heterocycles. The van der Waals surface area contributed by atoms with Crippen molar-refractivity contribution in [1.29, 1.82) is 0 Å². The minimum absolute atomic E-state index is 0.0654. The van der Waals surface area contributed by atoms with E-state index in [0.29, 0.717) is 23.0 Å². The van der Waals surface area contributed by atoms with Crippen LogP contribution in [0.3, 0.4) is 0 Å². The molecule has 0 fully saturated rings. The van der Waals surface area contributed by atoms with E-state index in [1.54, 1.807) is 30.6 Å². The molecule has 1 aliphatic rings. The number of carbonyl (C=O) groups is 1. The molecule has 0 saturated heterocycles. The molecule has 1 unspecified atom stereocenters. The molecule has 2 aromatic rings. The number of aromatic amines is 1. The molecule has 4 nitrogen and oxygen atoms in total. The Labute approximate surface area is 122 Å². The number of hydrogen-bond acceptors (Lipinski definition) is 2. The monoisotopic (exact) mass is 289 g/mol. The standard InChI is InChI=1S/C15H16ClN3O/c16-12-6-4-10(5-7-12)15(20)17-8-11-2-1-3-13-14(11)19-9-18-13/h4-7,9,11H,1-3,8H2,(H,17,20)(H,18,19). The first-order valence-electron chi connectivity index (χ1n) is 6.80. The highest BCUT2D eigenvalue weighted by molar-refractivity contribution is 6.30. The van der Waals surface area contributed by atoms with Crippen molar-refractivity contribution in [2.24, 2.45) is 0 Å². The minimum Gasteiger partial charge on any atom is -0.351 e. The van der Waals surface area contributed by atoms with Gasteiger partial charge >= 0.3 is 0 Å². The second-order valence-corrected chi connectivity index (χ2v) is 5.51. The van der Waals surface area contributed by atoms with Crippen molar-refractivity contribution in [2.45, 2.75) is 25.2 Å². The van der Waals surface area contributed by atoms with E-state index >= 15 is 0 Å². The number of nitrogens with zero attached hydrogens (tertiary/aromatic N) is 1. The average molecular weight is 290 g/mol. The largest absolute Gasteiger partial charge is 0.351 e. The number of aryl methyl sites for hydroxylation is 1. The second-order valence-electron chi connectivity index (χ2n) is 5.07. The zero-order valence-corrected chi connectivity index (χ0v) is 11.8. The van der Waals surface area contributed by atoms with Crippen LogP contribution in [0.2, 0.25) is 5.02 Å². The number of carbonyl (C=O) groups excluding carboxylic acids is 1. The van der Waals surface area contributed by atoms with E-state index < -0.39 is 0 Å². The van der Waals surface area contributed by atoms with E-state index in [9.17, 15) is 4.79 Å². The SMILES string of the molecule is O=C(NCC1CCCc2[nH]cnc21)c1ccc(Cl)cc1. The Bertz CT molecular complexity index is 606. The molecule has 1 aromatic carbocycles. The summed E-state index contributed by atoms with van der Waals surface area (Å²) in [6.45, 7) is 0.624. The molecule has 3 rings (SSSR count). The van der Waals surface area contributed by atoms with Gasteiger partial charge in [-0.25, -0.2) is 4.98 Å². The van der Waals surface area contributed by atoms with Gasteiger partial charge in [0.05, 0.1) is 12.0 Å². The highest BCUT2D eigenvalue weighted by atomic mass is 35.5. The van der Waals surface area contributed by atoms with Crippen LogP contribution in [-0.2, 0) is 6.42 Å². The normalized spacial score (nSPS) is 17.6. The molecule has 20 heavy (non-hydrogen) atoms. The fourth-order valence-electron chi connectivity index (χ4n) is 2.66. The van der Waals surface area contributed by atoms with E-state index in [0.717, 1.165) is 25.0 Å². The fourth-order valence-corrected chi connectivity index (χ4v) is 2.79. The number of fused-ring (bicyclic) bond motifs is 1. The van der Waals surface area contributed by atoms with Crippen LogP contribution in [0.1, 0.15) is 40.5 Å². The lowest BCUT2D eigenvalue weighted by atomic mass is 9.90. The van der Waals surface area contributed by atoms with Gasteiger partial charge in [-0.3, -0.25) is 4.79 Å². The summed E-state index contributed by atoms with van der Waals surface area (Å²) in [6, 6.07) is 6.92. The van der Waals surface area contributed by atoms with E-state index in [1.807, 2.05) is 0 Å². The first kappa shape index (κ1) is 13.2. The maximum absolute atomic E-state index is 12.1. The Morgan fingerprint density at radius 1 is 1.40 bits per heavy atom.